The van der Waals surface area contributed by atoms with Crippen LogP contribution in [0.2, 0.25) is 0 Å². The Balaban J connectivity index is 2.02. The van der Waals surface area contributed by atoms with E-state index in [9.17, 15) is 14.4 Å². The molecule has 0 spiro atoms. The second-order valence-electron chi connectivity index (χ2n) is 11.1. The molecule has 0 aromatic heterocycles. The molecule has 3 heterocycles. The lowest BCUT2D eigenvalue weighted by atomic mass is 9.74. The summed E-state index contributed by atoms with van der Waals surface area (Å²) in [6.45, 7) is 13.3. The smallest absolute Gasteiger partial charge is 0.226 e. The molecule has 1 aromatic carbocycles. The normalized spacial score (nSPS) is 24.0. The van der Waals surface area contributed by atoms with Crippen molar-refractivity contribution in [2.24, 2.45) is 16.2 Å². The van der Waals surface area contributed by atoms with Crippen molar-refractivity contribution >= 4 is 17.7 Å². The molecule has 3 aliphatic heterocycles. The van der Waals surface area contributed by atoms with Crippen LogP contribution in [0, 0.1) is 16.2 Å². The van der Waals surface area contributed by atoms with Gasteiger partial charge in [-0.3, -0.25) is 14.4 Å². The zero-order valence-corrected chi connectivity index (χ0v) is 19.0. The number of carbonyl (C=O) groups is 3. The average molecular weight is 412 g/mol. The predicted molar refractivity (Wildman–Crippen MR) is 114 cm³/mol. The molecule has 0 unspecified atom stereocenters. The van der Waals surface area contributed by atoms with Crippen LogP contribution in [0.3, 0.4) is 0 Å². The second-order valence-corrected chi connectivity index (χ2v) is 11.1. The maximum Gasteiger partial charge on any atom is 0.226 e. The van der Waals surface area contributed by atoms with E-state index in [1.165, 1.54) is 16.7 Å². The molecule has 0 aliphatic carbocycles. The molecule has 0 fully saturated rings. The number of benzene rings is 1. The molecule has 3 N–H and O–H groups in total. The van der Waals surface area contributed by atoms with Crippen molar-refractivity contribution in [3.8, 4) is 0 Å². The van der Waals surface area contributed by atoms with E-state index in [0.717, 1.165) is 16.7 Å². The molecule has 4 rings (SSSR count). The Morgan fingerprint density at radius 3 is 0.933 bits per heavy atom. The summed E-state index contributed by atoms with van der Waals surface area (Å²) in [6, 6.07) is 0. The summed E-state index contributed by atoms with van der Waals surface area (Å²) in [4.78, 5) is 38.3. The number of hydrogen-bond acceptors (Lipinski definition) is 3. The quantitative estimate of drug-likeness (QED) is 0.612. The van der Waals surface area contributed by atoms with Crippen LogP contribution in [0.4, 0.5) is 0 Å². The maximum atomic E-state index is 12.8. The van der Waals surface area contributed by atoms with Crippen LogP contribution in [-0.4, -0.2) is 17.7 Å². The molecule has 0 saturated heterocycles. The Morgan fingerprint density at radius 1 is 0.467 bits per heavy atom. The summed E-state index contributed by atoms with van der Waals surface area (Å²) in [7, 11) is 0. The third-order valence-electron chi connectivity index (χ3n) is 7.16. The van der Waals surface area contributed by atoms with Crippen molar-refractivity contribution in [3.63, 3.8) is 0 Å². The molecule has 6 heteroatoms. The fourth-order valence-corrected chi connectivity index (χ4v) is 5.16. The fourth-order valence-electron chi connectivity index (χ4n) is 5.16. The van der Waals surface area contributed by atoms with Crippen LogP contribution in [0.5, 0.6) is 0 Å². The van der Waals surface area contributed by atoms with E-state index in [0.29, 0.717) is 38.9 Å². The monoisotopic (exact) mass is 411 g/mol. The number of rotatable bonds is 0. The molecule has 0 saturated carbocycles. The third kappa shape index (κ3) is 3.21. The highest BCUT2D eigenvalue weighted by atomic mass is 16.2. The van der Waals surface area contributed by atoms with E-state index in [4.69, 9.17) is 0 Å². The van der Waals surface area contributed by atoms with Gasteiger partial charge in [0.05, 0.1) is 0 Å². The van der Waals surface area contributed by atoms with Gasteiger partial charge in [0, 0.05) is 35.9 Å². The van der Waals surface area contributed by atoms with Crippen LogP contribution in [0.1, 0.15) is 74.9 Å². The molecule has 0 radical (unpaired) electrons. The first-order valence-electron chi connectivity index (χ1n) is 10.9. The molecule has 162 valence electrons. The molecular weight excluding hydrogens is 378 g/mol. The lowest BCUT2D eigenvalue weighted by Gasteiger charge is -2.28. The molecule has 6 nitrogen and oxygen atoms in total. The topological polar surface area (TPSA) is 87.3 Å². The molecule has 0 bridgehead atoms. The highest BCUT2D eigenvalue weighted by molar-refractivity contribution is 5.86. The van der Waals surface area contributed by atoms with E-state index in [1.54, 1.807) is 0 Å². The first-order valence-corrected chi connectivity index (χ1v) is 10.9. The highest BCUT2D eigenvalue weighted by Crippen LogP contribution is 2.42. The van der Waals surface area contributed by atoms with Gasteiger partial charge in [0.25, 0.3) is 0 Å². The highest BCUT2D eigenvalue weighted by Gasteiger charge is 2.41. The average Bonchev–Trinajstić information content (AvgIpc) is 2.89. The molecule has 0 atom stereocenters. The second kappa shape index (κ2) is 6.56. The standard InChI is InChI=1S/C24H33N3O3/c1-22(2)7-13-16(10-25-19(22)28)14-8-23(3,4)21(30)27-12-18(14)15-9-24(5,6)20(29)26-11-17(13)15/h7-12H2,1-6H3,(H,25,28)(H,26,29)(H,27,30). The van der Waals surface area contributed by atoms with E-state index < -0.39 is 16.2 Å². The van der Waals surface area contributed by atoms with Gasteiger partial charge in [-0.2, -0.15) is 0 Å². The minimum Gasteiger partial charge on any atom is -0.352 e. The fraction of sp³-hybridized carbons (Fsp3) is 0.625. The number of amides is 3. The van der Waals surface area contributed by atoms with Gasteiger partial charge >= 0.3 is 0 Å². The van der Waals surface area contributed by atoms with Crippen molar-refractivity contribution in [1.82, 2.24) is 16.0 Å². The Morgan fingerprint density at radius 2 is 0.700 bits per heavy atom. The molecular formula is C24H33N3O3. The first kappa shape index (κ1) is 20.9. The van der Waals surface area contributed by atoms with Crippen LogP contribution in [-0.2, 0) is 53.3 Å². The van der Waals surface area contributed by atoms with Crippen molar-refractivity contribution in [1.29, 1.82) is 0 Å². The summed E-state index contributed by atoms with van der Waals surface area (Å²) < 4.78 is 0. The van der Waals surface area contributed by atoms with Gasteiger partial charge in [0.2, 0.25) is 17.7 Å². The van der Waals surface area contributed by atoms with Gasteiger partial charge in [-0.25, -0.2) is 0 Å². The van der Waals surface area contributed by atoms with Gasteiger partial charge in [0.15, 0.2) is 0 Å². The summed E-state index contributed by atoms with van der Waals surface area (Å²) >= 11 is 0. The zero-order valence-electron chi connectivity index (χ0n) is 19.0. The van der Waals surface area contributed by atoms with Gasteiger partial charge in [0.1, 0.15) is 0 Å². The maximum absolute atomic E-state index is 12.8. The summed E-state index contributed by atoms with van der Waals surface area (Å²) in [5.41, 5.74) is 5.35. The van der Waals surface area contributed by atoms with Gasteiger partial charge in [-0.15, -0.1) is 0 Å². The Kier molecular flexibility index (Phi) is 4.57. The molecule has 3 amide bonds. The Bertz CT molecular complexity index is 828. The van der Waals surface area contributed by atoms with Crippen LogP contribution < -0.4 is 16.0 Å². The number of carbonyl (C=O) groups excluding carboxylic acids is 3. The molecule has 1 aromatic rings. The van der Waals surface area contributed by atoms with E-state index in [1.807, 2.05) is 41.5 Å². The van der Waals surface area contributed by atoms with Crippen LogP contribution >= 0.6 is 0 Å². The van der Waals surface area contributed by atoms with Crippen molar-refractivity contribution in [2.75, 3.05) is 0 Å². The summed E-state index contributed by atoms with van der Waals surface area (Å²) in [6.07, 6.45) is 1.88. The minimum atomic E-state index is -0.534. The molecule has 30 heavy (non-hydrogen) atoms. The van der Waals surface area contributed by atoms with Crippen molar-refractivity contribution < 1.29 is 14.4 Å². The van der Waals surface area contributed by atoms with Gasteiger partial charge < -0.3 is 16.0 Å². The van der Waals surface area contributed by atoms with Crippen molar-refractivity contribution in [3.05, 3.63) is 33.4 Å². The first-order chi connectivity index (χ1) is 13.8. The predicted octanol–water partition coefficient (Wildman–Crippen LogP) is 2.28. The van der Waals surface area contributed by atoms with E-state index in [-0.39, 0.29) is 17.7 Å². The van der Waals surface area contributed by atoms with Crippen LogP contribution in [0.25, 0.3) is 0 Å². The lowest BCUT2D eigenvalue weighted by molar-refractivity contribution is -0.129. The SMILES string of the molecule is CC1(C)Cc2c(c3c(c4c2CNC(=O)C(C)(C)C4)CNC(=O)C(C)(C)C3)CNC1=O. The Hall–Kier alpha value is -2.37. The largest absolute Gasteiger partial charge is 0.352 e. The van der Waals surface area contributed by atoms with Crippen LogP contribution in [0.15, 0.2) is 0 Å². The zero-order chi connectivity index (χ0) is 22.1. The van der Waals surface area contributed by atoms with Gasteiger partial charge in [-0.05, 0) is 52.6 Å². The summed E-state index contributed by atoms with van der Waals surface area (Å²) in [5, 5.41) is 9.35. The number of fused-ring (bicyclic) bond motifs is 6. The minimum absolute atomic E-state index is 0.0428. The van der Waals surface area contributed by atoms with Gasteiger partial charge in [-0.1, -0.05) is 41.5 Å². The Labute approximate surface area is 178 Å². The summed E-state index contributed by atoms with van der Waals surface area (Å²) in [5.74, 6) is 0.129. The number of nitrogens with one attached hydrogen (secondary N) is 3. The van der Waals surface area contributed by atoms with Crippen molar-refractivity contribution in [2.45, 2.75) is 80.4 Å². The lowest BCUT2D eigenvalue weighted by Crippen LogP contribution is -2.36. The van der Waals surface area contributed by atoms with E-state index in [2.05, 4.69) is 16.0 Å². The third-order valence-corrected chi connectivity index (χ3v) is 7.16. The number of hydrogen-bond donors (Lipinski definition) is 3. The van der Waals surface area contributed by atoms with E-state index >= 15 is 0 Å². The molecule has 3 aliphatic rings.